The Bertz CT molecular complexity index is 2000. The highest BCUT2D eigenvalue weighted by Crippen LogP contribution is 2.48. The van der Waals surface area contributed by atoms with Gasteiger partial charge in [0.2, 0.25) is 0 Å². The van der Waals surface area contributed by atoms with Crippen LogP contribution in [0.25, 0.3) is 39.4 Å². The smallest absolute Gasteiger partial charge is 0.290 e. The lowest BCUT2D eigenvalue weighted by Crippen LogP contribution is -2.06. The number of allylic oxidation sites excluding steroid dienone is 1. The van der Waals surface area contributed by atoms with E-state index in [9.17, 15) is 4.79 Å². The minimum atomic E-state index is -0.372. The number of nitrogen functional groups attached to an aromatic ring is 1. The van der Waals surface area contributed by atoms with Gasteiger partial charge in [-0.1, -0.05) is 52.0 Å². The monoisotopic (exact) mass is 638 g/mol. The van der Waals surface area contributed by atoms with Crippen LogP contribution in [0.4, 0.5) is 11.4 Å². The maximum Gasteiger partial charge on any atom is 0.290 e. The van der Waals surface area contributed by atoms with Gasteiger partial charge >= 0.3 is 0 Å². The van der Waals surface area contributed by atoms with Crippen molar-refractivity contribution in [2.75, 3.05) is 5.73 Å². The molecule has 5 aromatic rings. The number of imidazole rings is 1. The predicted molar refractivity (Wildman–Crippen MR) is 192 cm³/mol. The molecule has 46 heavy (non-hydrogen) atoms. The summed E-state index contributed by atoms with van der Waals surface area (Å²) in [6.07, 6.45) is 10.9. The van der Waals surface area contributed by atoms with Gasteiger partial charge in [0.25, 0.3) is 5.56 Å². The average molecular weight is 639 g/mol. The number of anilines is 1. The van der Waals surface area contributed by atoms with Crippen molar-refractivity contribution in [1.29, 1.82) is 0 Å². The van der Waals surface area contributed by atoms with Crippen molar-refractivity contribution in [3.05, 3.63) is 70.2 Å². The third-order valence-electron chi connectivity index (χ3n) is 7.95. The number of nitrogens with zero attached hydrogens (tertiary/aromatic N) is 7. The van der Waals surface area contributed by atoms with Crippen molar-refractivity contribution < 1.29 is 0 Å². The highest BCUT2D eigenvalue weighted by Gasteiger charge is 2.35. The van der Waals surface area contributed by atoms with E-state index in [1.165, 1.54) is 21.9 Å². The van der Waals surface area contributed by atoms with Crippen LogP contribution >= 0.6 is 12.2 Å². The predicted octanol–water partition coefficient (Wildman–Crippen LogP) is 6.42. The first-order valence-electron chi connectivity index (χ1n) is 15.9. The average Bonchev–Trinajstić information content (AvgIpc) is 3.99. The van der Waals surface area contributed by atoms with Gasteiger partial charge in [0.1, 0.15) is 11.5 Å². The van der Waals surface area contributed by atoms with Crippen LogP contribution in [0.5, 0.6) is 0 Å². The highest BCUT2D eigenvalue weighted by atomic mass is 32.1. The maximum atomic E-state index is 12.6. The Labute approximate surface area is 274 Å². The van der Waals surface area contributed by atoms with E-state index in [-0.39, 0.29) is 11.2 Å². The van der Waals surface area contributed by atoms with E-state index >= 15 is 0 Å². The van der Waals surface area contributed by atoms with Gasteiger partial charge in [-0.2, -0.15) is 5.10 Å². The van der Waals surface area contributed by atoms with Crippen molar-refractivity contribution in [1.82, 2.24) is 34.1 Å². The fraction of sp³-hybridized carbons (Fsp3) is 0.353. The summed E-state index contributed by atoms with van der Waals surface area (Å²) in [7, 11) is 4.00. The van der Waals surface area contributed by atoms with E-state index in [2.05, 4.69) is 32.9 Å². The molecule has 11 nitrogen and oxygen atoms in total. The Morgan fingerprint density at radius 3 is 2.41 bits per heavy atom. The van der Waals surface area contributed by atoms with Gasteiger partial charge in [0.15, 0.2) is 5.65 Å². The molecule has 7 rings (SSSR count). The fourth-order valence-electron chi connectivity index (χ4n) is 5.56. The Balaban J connectivity index is 0.00000100. The molecule has 12 heteroatoms. The quantitative estimate of drug-likeness (QED) is 0.0768. The van der Waals surface area contributed by atoms with Crippen LogP contribution in [0, 0.1) is 0 Å². The molecule has 0 spiro atoms. The number of H-pyrrole nitrogens is 1. The minimum absolute atomic E-state index is 0.203. The highest BCUT2D eigenvalue weighted by molar-refractivity contribution is 7.79. The number of aromatic nitrogens is 7. The number of hydrogen-bond donors (Lipinski definition) is 3. The van der Waals surface area contributed by atoms with Gasteiger partial charge in [-0.3, -0.25) is 19.3 Å². The summed E-state index contributed by atoms with van der Waals surface area (Å²) in [6, 6.07) is 7.94. The molecule has 0 saturated heterocycles. The standard InChI is InChI=1S/C30H30N10OS.2C2H6/c1-38-13-18-10-21(25(16-6-7-16)34-28(18)36-38)29-35-26(27(39(29)2)17-8-9-17)20-4-3-5-23(32)22(20)12-33-24-14-40(37-30(24)41)19(11-31)15-42;2*1-2/h3-5,10-17H,6-9,31-32H2,1-2H3,(H,37,41);2*1-2H3/b19-11+,33-12?;;. The molecule has 2 saturated carbocycles. The third-order valence-corrected chi connectivity index (χ3v) is 8.19. The van der Waals surface area contributed by atoms with Crippen molar-refractivity contribution in [3.63, 3.8) is 0 Å². The van der Waals surface area contributed by atoms with E-state index in [0.717, 1.165) is 65.1 Å². The zero-order chi connectivity index (χ0) is 33.1. The SMILES string of the molecule is CC.CC.Cn1cc2cc(-c3nc(-c4cccc(N)c4C=Nc4cn(/C(C=S)=C/N)[nH]c4=O)c(C4CC4)n3C)c(C3CC3)nc2n1. The van der Waals surface area contributed by atoms with Crippen LogP contribution in [0.2, 0.25) is 0 Å². The Kier molecular flexibility index (Phi) is 9.66. The number of pyridine rings is 1. The molecule has 4 heterocycles. The molecule has 2 aliphatic rings. The second-order valence-corrected chi connectivity index (χ2v) is 11.3. The number of thiocarbonyl (C=S) groups is 1. The number of fused-ring (bicyclic) bond motifs is 1. The van der Waals surface area contributed by atoms with E-state index in [1.807, 2.05) is 59.1 Å². The number of benzene rings is 1. The molecule has 4 aromatic heterocycles. The van der Waals surface area contributed by atoms with Gasteiger partial charge < -0.3 is 16.0 Å². The Morgan fingerprint density at radius 2 is 1.76 bits per heavy atom. The molecule has 1 aromatic carbocycles. The molecular weight excluding hydrogens is 597 g/mol. The first-order chi connectivity index (χ1) is 22.4. The summed E-state index contributed by atoms with van der Waals surface area (Å²) in [4.78, 5) is 27.4. The molecule has 0 radical (unpaired) electrons. The summed E-state index contributed by atoms with van der Waals surface area (Å²) in [6.45, 7) is 8.00. The fourth-order valence-corrected chi connectivity index (χ4v) is 5.76. The molecule has 2 fully saturated rings. The third kappa shape index (κ3) is 6.17. The number of aromatic amines is 1. The second-order valence-electron chi connectivity index (χ2n) is 11.0. The summed E-state index contributed by atoms with van der Waals surface area (Å²) >= 11 is 4.98. The number of nitrogens with one attached hydrogen (secondary N) is 1. The van der Waals surface area contributed by atoms with Crippen LogP contribution < -0.4 is 17.0 Å². The van der Waals surface area contributed by atoms with E-state index in [4.69, 9.17) is 33.7 Å². The molecular formula is C34H42N10OS. The van der Waals surface area contributed by atoms with Gasteiger partial charge in [0, 0.05) is 83.4 Å². The second kappa shape index (κ2) is 13.7. The Hall–Kier alpha value is -4.84. The molecule has 0 atom stereocenters. The summed E-state index contributed by atoms with van der Waals surface area (Å²) in [5.41, 5.74) is 19.4. The largest absolute Gasteiger partial charge is 0.403 e. The van der Waals surface area contributed by atoms with Crippen molar-refractivity contribution in [2.45, 2.75) is 65.2 Å². The summed E-state index contributed by atoms with van der Waals surface area (Å²) in [5, 5.41) is 9.60. The van der Waals surface area contributed by atoms with Gasteiger partial charge in [-0.15, -0.1) is 0 Å². The topological polar surface area (TPSA) is 151 Å². The zero-order valence-electron chi connectivity index (χ0n) is 27.3. The van der Waals surface area contributed by atoms with E-state index in [0.29, 0.717) is 28.8 Å². The molecule has 0 amide bonds. The first-order valence-corrected chi connectivity index (χ1v) is 16.4. The molecule has 5 N–H and O–H groups in total. The van der Waals surface area contributed by atoms with Crippen LogP contribution in [0.1, 0.15) is 82.2 Å². The lowest BCUT2D eigenvalue weighted by Gasteiger charge is -2.10. The normalized spacial score (nSPS) is 14.6. The molecule has 240 valence electrons. The van der Waals surface area contributed by atoms with Crippen LogP contribution in [-0.2, 0) is 14.1 Å². The van der Waals surface area contributed by atoms with Crippen molar-refractivity contribution >= 4 is 51.9 Å². The van der Waals surface area contributed by atoms with Crippen LogP contribution in [0.3, 0.4) is 0 Å². The lowest BCUT2D eigenvalue weighted by atomic mass is 10.0. The molecule has 0 bridgehead atoms. The van der Waals surface area contributed by atoms with Gasteiger partial charge in [-0.25, -0.2) is 15.0 Å². The van der Waals surface area contributed by atoms with Crippen molar-refractivity contribution in [2.24, 2.45) is 24.8 Å². The molecule has 0 unspecified atom stereocenters. The number of rotatable bonds is 8. The zero-order valence-corrected chi connectivity index (χ0v) is 28.1. The number of hydrogen-bond acceptors (Lipinski definition) is 8. The Morgan fingerprint density at radius 1 is 1.04 bits per heavy atom. The van der Waals surface area contributed by atoms with Crippen molar-refractivity contribution in [3.8, 4) is 22.6 Å². The van der Waals surface area contributed by atoms with Gasteiger partial charge in [-0.05, 0) is 37.8 Å². The molecule has 2 aliphatic carbocycles. The van der Waals surface area contributed by atoms with Crippen LogP contribution in [-0.4, -0.2) is 45.7 Å². The maximum absolute atomic E-state index is 12.6. The first kappa shape index (κ1) is 32.6. The minimum Gasteiger partial charge on any atom is -0.403 e. The van der Waals surface area contributed by atoms with Gasteiger partial charge in [0.05, 0.1) is 23.3 Å². The molecule has 0 aliphatic heterocycles. The van der Waals surface area contributed by atoms with Crippen LogP contribution in [0.15, 0.2) is 52.6 Å². The number of nitrogens with two attached hydrogens (primary N) is 2. The van der Waals surface area contributed by atoms with E-state index in [1.54, 1.807) is 17.1 Å². The van der Waals surface area contributed by atoms with E-state index < -0.39 is 0 Å². The lowest BCUT2D eigenvalue weighted by molar-refractivity contribution is 0.774. The number of aliphatic imine (C=N–C) groups is 1. The summed E-state index contributed by atoms with van der Waals surface area (Å²) < 4.78 is 5.47. The number of aryl methyl sites for hydroxylation is 1. The summed E-state index contributed by atoms with van der Waals surface area (Å²) in [5.74, 6) is 1.71.